The third kappa shape index (κ3) is 2.90. The van der Waals surface area contributed by atoms with Crippen LogP contribution in [0.25, 0.3) is 16.5 Å². The fourth-order valence-electron chi connectivity index (χ4n) is 0.748. The van der Waals surface area contributed by atoms with Gasteiger partial charge in [0.2, 0.25) is 0 Å². The smallest absolute Gasteiger partial charge is 0.0559 e. The third-order valence-electron chi connectivity index (χ3n) is 1.29. The Hall–Kier alpha value is -1.74. The number of hydrogen-bond acceptors (Lipinski definition) is 2. The number of azide groups is 1. The lowest BCUT2D eigenvalue weighted by atomic mass is 10.3. The van der Waals surface area contributed by atoms with E-state index in [1.807, 2.05) is 12.2 Å². The fourth-order valence-corrected chi connectivity index (χ4v) is 0.748. The van der Waals surface area contributed by atoms with Gasteiger partial charge in [-0.25, -0.2) is 0 Å². The molecule has 0 saturated heterocycles. The largest absolute Gasteiger partial charge is 0.285 e. The summed E-state index contributed by atoms with van der Waals surface area (Å²) in [7, 11) is 0. The minimum Gasteiger partial charge on any atom is -0.285 e. The van der Waals surface area contributed by atoms with Gasteiger partial charge in [0, 0.05) is 23.2 Å². The summed E-state index contributed by atoms with van der Waals surface area (Å²) >= 11 is 0. The summed E-state index contributed by atoms with van der Waals surface area (Å²) in [5.41, 5.74) is 8.99. The molecule has 0 atom stereocenters. The molecule has 0 saturated carbocycles. The molecule has 5 heteroatoms. The molecule has 0 radical (unpaired) electrons. The molecule has 0 aliphatic rings. The van der Waals surface area contributed by atoms with Gasteiger partial charge >= 0.3 is 0 Å². The number of rotatable bonds is 4. The molecule has 0 bridgehead atoms. The maximum absolute atomic E-state index is 7.97. The van der Waals surface area contributed by atoms with Gasteiger partial charge in [0.1, 0.15) is 0 Å². The number of aromatic amines is 1. The lowest BCUT2D eigenvalue weighted by Gasteiger charge is -1.82. The molecule has 5 nitrogen and oxygen atoms in total. The molecule has 1 rings (SSSR count). The molecule has 1 aromatic rings. The van der Waals surface area contributed by atoms with Crippen molar-refractivity contribution in [3.63, 3.8) is 0 Å². The molecule has 1 heterocycles. The van der Waals surface area contributed by atoms with Crippen LogP contribution in [0.4, 0.5) is 0 Å². The highest BCUT2D eigenvalue weighted by Crippen LogP contribution is 1.98. The van der Waals surface area contributed by atoms with E-state index in [-0.39, 0.29) is 0 Å². The molecule has 0 spiro atoms. The Morgan fingerprint density at radius 1 is 1.75 bits per heavy atom. The molecular weight excluding hydrogens is 154 g/mol. The quantitative estimate of drug-likeness (QED) is 0.314. The second-order valence-corrected chi connectivity index (χ2v) is 2.18. The van der Waals surface area contributed by atoms with E-state index in [1.165, 1.54) is 0 Å². The highest BCUT2D eigenvalue weighted by Gasteiger charge is 1.83. The van der Waals surface area contributed by atoms with Crippen LogP contribution in [0, 0.1) is 0 Å². The molecule has 62 valence electrons. The van der Waals surface area contributed by atoms with Crippen LogP contribution < -0.4 is 0 Å². The van der Waals surface area contributed by atoms with Crippen molar-refractivity contribution in [3.8, 4) is 0 Å². The molecule has 1 aromatic heterocycles. The van der Waals surface area contributed by atoms with Crippen molar-refractivity contribution >= 4 is 6.08 Å². The monoisotopic (exact) mass is 163 g/mol. The first-order chi connectivity index (χ1) is 5.93. The minimum absolute atomic E-state index is 0.505. The summed E-state index contributed by atoms with van der Waals surface area (Å²) in [6, 6.07) is 0. The van der Waals surface area contributed by atoms with Crippen LogP contribution in [0.15, 0.2) is 23.6 Å². The SMILES string of the molecule is [N-]=[N+]=NCCC=Cc1cn[nH]c1. The lowest BCUT2D eigenvalue weighted by molar-refractivity contribution is 0.996. The Kier molecular flexibility index (Phi) is 3.47. The van der Waals surface area contributed by atoms with Crippen LogP contribution in [-0.2, 0) is 0 Å². The first kappa shape index (κ1) is 8.36. The zero-order valence-corrected chi connectivity index (χ0v) is 6.51. The summed E-state index contributed by atoms with van der Waals surface area (Å²) in [5.74, 6) is 0. The van der Waals surface area contributed by atoms with Crippen LogP contribution >= 0.6 is 0 Å². The molecule has 12 heavy (non-hydrogen) atoms. The van der Waals surface area contributed by atoms with Gasteiger partial charge in [-0.3, -0.25) is 5.10 Å². The number of nitrogens with one attached hydrogen (secondary N) is 1. The van der Waals surface area contributed by atoms with Gasteiger partial charge in [-0.1, -0.05) is 17.3 Å². The van der Waals surface area contributed by atoms with E-state index < -0.39 is 0 Å². The Morgan fingerprint density at radius 3 is 3.33 bits per heavy atom. The lowest BCUT2D eigenvalue weighted by Crippen LogP contribution is -1.71. The summed E-state index contributed by atoms with van der Waals surface area (Å²) < 4.78 is 0. The first-order valence-corrected chi connectivity index (χ1v) is 3.59. The van der Waals surface area contributed by atoms with Gasteiger partial charge in [0.25, 0.3) is 0 Å². The second-order valence-electron chi connectivity index (χ2n) is 2.18. The van der Waals surface area contributed by atoms with E-state index >= 15 is 0 Å². The number of hydrogen-bond donors (Lipinski definition) is 1. The fraction of sp³-hybridized carbons (Fsp3) is 0.286. The van der Waals surface area contributed by atoms with Gasteiger partial charge in [0.05, 0.1) is 6.20 Å². The molecule has 0 unspecified atom stereocenters. The summed E-state index contributed by atoms with van der Waals surface area (Å²) in [5, 5.41) is 9.87. The summed E-state index contributed by atoms with van der Waals surface area (Å²) in [6.45, 7) is 0.505. The minimum atomic E-state index is 0.505. The van der Waals surface area contributed by atoms with E-state index in [0.29, 0.717) is 6.54 Å². The Balaban J connectivity index is 2.27. The third-order valence-corrected chi connectivity index (χ3v) is 1.29. The van der Waals surface area contributed by atoms with Gasteiger partial charge in [-0.15, -0.1) is 0 Å². The molecule has 1 N–H and O–H groups in total. The van der Waals surface area contributed by atoms with Gasteiger partial charge < -0.3 is 0 Å². The van der Waals surface area contributed by atoms with Crippen molar-refractivity contribution in [2.45, 2.75) is 6.42 Å². The first-order valence-electron chi connectivity index (χ1n) is 3.59. The Bertz CT molecular complexity index is 281. The van der Waals surface area contributed by atoms with Crippen LogP contribution in [-0.4, -0.2) is 16.7 Å². The zero-order chi connectivity index (χ0) is 8.65. The molecular formula is C7H9N5. The summed E-state index contributed by atoms with van der Waals surface area (Å²) in [4.78, 5) is 2.64. The van der Waals surface area contributed by atoms with Gasteiger partial charge in [-0.2, -0.15) is 5.10 Å². The normalized spacial score (nSPS) is 10.0. The van der Waals surface area contributed by atoms with Crippen molar-refractivity contribution in [1.29, 1.82) is 0 Å². The zero-order valence-electron chi connectivity index (χ0n) is 6.51. The van der Waals surface area contributed by atoms with Crippen molar-refractivity contribution in [2.75, 3.05) is 6.54 Å². The van der Waals surface area contributed by atoms with E-state index in [9.17, 15) is 0 Å². The highest BCUT2D eigenvalue weighted by atomic mass is 15.1. The maximum atomic E-state index is 7.97. The molecule has 0 fully saturated rings. The van der Waals surface area contributed by atoms with Crippen molar-refractivity contribution in [2.24, 2.45) is 5.11 Å². The van der Waals surface area contributed by atoms with E-state index in [0.717, 1.165) is 12.0 Å². The number of nitrogens with zero attached hydrogens (tertiary/aromatic N) is 4. The van der Waals surface area contributed by atoms with Crippen molar-refractivity contribution < 1.29 is 0 Å². The van der Waals surface area contributed by atoms with Gasteiger partial charge in [0.15, 0.2) is 0 Å². The summed E-state index contributed by atoms with van der Waals surface area (Å²) in [6.07, 6.45) is 8.15. The van der Waals surface area contributed by atoms with Crippen LogP contribution in [0.5, 0.6) is 0 Å². The van der Waals surface area contributed by atoms with Crippen molar-refractivity contribution in [3.05, 3.63) is 34.5 Å². The van der Waals surface area contributed by atoms with Crippen molar-refractivity contribution in [1.82, 2.24) is 10.2 Å². The topological polar surface area (TPSA) is 77.4 Å². The van der Waals surface area contributed by atoms with Crippen LogP contribution in [0.2, 0.25) is 0 Å². The van der Waals surface area contributed by atoms with Crippen LogP contribution in [0.3, 0.4) is 0 Å². The number of H-pyrrole nitrogens is 1. The average Bonchev–Trinajstić information content (AvgIpc) is 2.57. The second kappa shape index (κ2) is 4.98. The van der Waals surface area contributed by atoms with Gasteiger partial charge in [-0.05, 0) is 12.0 Å². The number of aromatic nitrogens is 2. The Morgan fingerprint density at radius 2 is 2.67 bits per heavy atom. The average molecular weight is 163 g/mol. The molecule has 0 aliphatic heterocycles. The molecule has 0 aliphatic carbocycles. The standard InChI is InChI=1S/C7H9N5/c8-12-9-4-2-1-3-7-5-10-11-6-7/h1,3,5-6H,2,4H2,(H,10,11). The predicted octanol–water partition coefficient (Wildman–Crippen LogP) is 2.12. The van der Waals surface area contributed by atoms with E-state index in [1.54, 1.807) is 12.4 Å². The molecule has 0 amide bonds. The van der Waals surface area contributed by atoms with E-state index in [2.05, 4.69) is 20.2 Å². The van der Waals surface area contributed by atoms with Crippen LogP contribution in [0.1, 0.15) is 12.0 Å². The Labute approximate surface area is 69.7 Å². The molecule has 0 aromatic carbocycles. The highest BCUT2D eigenvalue weighted by molar-refractivity contribution is 5.46. The maximum Gasteiger partial charge on any atom is 0.0559 e. The van der Waals surface area contributed by atoms with E-state index in [4.69, 9.17) is 5.53 Å². The predicted molar refractivity (Wildman–Crippen MR) is 46.3 cm³/mol.